The van der Waals surface area contributed by atoms with Crippen molar-refractivity contribution in [2.24, 2.45) is 0 Å². The quantitative estimate of drug-likeness (QED) is 0.856. The average Bonchev–Trinajstić information content (AvgIpc) is 2.29. The van der Waals surface area contributed by atoms with Gasteiger partial charge in [-0.3, -0.25) is 0 Å². The summed E-state index contributed by atoms with van der Waals surface area (Å²) in [6, 6.07) is 10.2. The molecule has 0 radical (unpaired) electrons. The molecule has 92 valence electrons. The van der Waals surface area contributed by atoms with Crippen molar-refractivity contribution >= 4 is 27.7 Å². The van der Waals surface area contributed by atoms with Gasteiger partial charge in [-0.2, -0.15) is 4.98 Å². The predicted molar refractivity (Wildman–Crippen MR) is 75.5 cm³/mol. The molecule has 0 fully saturated rings. The van der Waals surface area contributed by atoms with Crippen molar-refractivity contribution < 1.29 is 0 Å². The monoisotopic (exact) mass is 304 g/mol. The van der Waals surface area contributed by atoms with Crippen LogP contribution in [0.1, 0.15) is 17.0 Å². The minimum atomic E-state index is 0.466. The van der Waals surface area contributed by atoms with Gasteiger partial charge in [-0.1, -0.05) is 24.3 Å². The Morgan fingerprint density at radius 3 is 2.94 bits per heavy atom. The largest absolute Gasteiger partial charge is 0.383 e. The molecule has 3 rings (SSSR count). The molecule has 0 saturated heterocycles. The highest BCUT2D eigenvalue weighted by atomic mass is 79.9. The van der Waals surface area contributed by atoms with Gasteiger partial charge in [0.15, 0.2) is 0 Å². The molecule has 0 saturated carbocycles. The molecule has 3 N–H and O–H groups in total. The number of halogens is 1. The van der Waals surface area contributed by atoms with Crippen LogP contribution in [0.5, 0.6) is 0 Å². The van der Waals surface area contributed by atoms with E-state index in [0.717, 1.165) is 13.0 Å². The lowest BCUT2D eigenvalue weighted by atomic mass is 9.78. The van der Waals surface area contributed by atoms with E-state index < -0.39 is 0 Å². The fourth-order valence-corrected chi connectivity index (χ4v) is 2.68. The van der Waals surface area contributed by atoms with Gasteiger partial charge in [0.1, 0.15) is 10.4 Å². The van der Waals surface area contributed by atoms with Gasteiger partial charge in [0.25, 0.3) is 0 Å². The van der Waals surface area contributed by atoms with Gasteiger partial charge in [-0.15, -0.1) is 0 Å². The van der Waals surface area contributed by atoms with E-state index in [-0.39, 0.29) is 0 Å². The molecular weight excluding hydrogens is 292 g/mol. The number of rotatable bonds is 3. The third-order valence-corrected chi connectivity index (χ3v) is 3.59. The summed E-state index contributed by atoms with van der Waals surface area (Å²) < 4.78 is 0.700. The van der Waals surface area contributed by atoms with Gasteiger partial charge in [0.2, 0.25) is 5.95 Å². The van der Waals surface area contributed by atoms with Crippen LogP contribution < -0.4 is 11.1 Å². The van der Waals surface area contributed by atoms with Crippen LogP contribution in [0.25, 0.3) is 0 Å². The summed E-state index contributed by atoms with van der Waals surface area (Å²) in [4.78, 5) is 8.38. The van der Waals surface area contributed by atoms with Gasteiger partial charge >= 0.3 is 0 Å². The molecule has 5 heteroatoms. The topological polar surface area (TPSA) is 63.8 Å². The SMILES string of the molecule is Nc1cc(Br)nc(NCC2Cc3ccccc32)n1. The Morgan fingerprint density at radius 1 is 1.33 bits per heavy atom. The van der Waals surface area contributed by atoms with Crippen LogP contribution in [-0.4, -0.2) is 16.5 Å². The number of nitrogens with zero attached hydrogens (tertiary/aromatic N) is 2. The van der Waals surface area contributed by atoms with Gasteiger partial charge < -0.3 is 11.1 Å². The first-order valence-electron chi connectivity index (χ1n) is 5.84. The van der Waals surface area contributed by atoms with Crippen LogP contribution in [0.4, 0.5) is 11.8 Å². The van der Waals surface area contributed by atoms with Gasteiger partial charge in [-0.05, 0) is 33.5 Å². The van der Waals surface area contributed by atoms with E-state index in [1.165, 1.54) is 11.1 Å². The Hall–Kier alpha value is -1.62. The van der Waals surface area contributed by atoms with Gasteiger partial charge in [-0.25, -0.2) is 4.98 Å². The van der Waals surface area contributed by atoms with E-state index in [0.29, 0.717) is 22.3 Å². The van der Waals surface area contributed by atoms with E-state index in [1.54, 1.807) is 6.07 Å². The molecule has 1 heterocycles. The number of hydrogen-bond acceptors (Lipinski definition) is 4. The lowest BCUT2D eigenvalue weighted by Crippen LogP contribution is -2.24. The lowest BCUT2D eigenvalue weighted by Gasteiger charge is -2.30. The number of nitrogens with one attached hydrogen (secondary N) is 1. The zero-order valence-electron chi connectivity index (χ0n) is 9.73. The van der Waals surface area contributed by atoms with Gasteiger partial charge in [0, 0.05) is 18.5 Å². The number of nitrogen functional groups attached to an aromatic ring is 1. The minimum absolute atomic E-state index is 0.466. The molecule has 0 amide bonds. The number of fused-ring (bicyclic) bond motifs is 1. The highest BCUT2D eigenvalue weighted by molar-refractivity contribution is 9.10. The van der Waals surface area contributed by atoms with Crippen molar-refractivity contribution in [1.29, 1.82) is 0 Å². The molecule has 1 atom stereocenters. The maximum Gasteiger partial charge on any atom is 0.225 e. The molecule has 1 aliphatic rings. The van der Waals surface area contributed by atoms with Crippen molar-refractivity contribution in [1.82, 2.24) is 9.97 Å². The molecule has 0 aliphatic heterocycles. The molecule has 1 aromatic heterocycles. The number of anilines is 2. The summed E-state index contributed by atoms with van der Waals surface area (Å²) in [6.07, 6.45) is 1.12. The maximum absolute atomic E-state index is 5.67. The first-order valence-corrected chi connectivity index (χ1v) is 6.63. The second-order valence-corrected chi connectivity index (χ2v) is 5.23. The summed E-state index contributed by atoms with van der Waals surface area (Å²) >= 11 is 3.31. The molecule has 2 aromatic rings. The van der Waals surface area contributed by atoms with Crippen molar-refractivity contribution in [3.63, 3.8) is 0 Å². The van der Waals surface area contributed by atoms with E-state index in [1.807, 2.05) is 0 Å². The molecule has 0 bridgehead atoms. The van der Waals surface area contributed by atoms with Crippen LogP contribution >= 0.6 is 15.9 Å². The smallest absolute Gasteiger partial charge is 0.225 e. The first kappa shape index (κ1) is 11.5. The fraction of sp³-hybridized carbons (Fsp3) is 0.231. The van der Waals surface area contributed by atoms with E-state index in [9.17, 15) is 0 Å². The molecule has 4 nitrogen and oxygen atoms in total. The highest BCUT2D eigenvalue weighted by Crippen LogP contribution is 2.34. The van der Waals surface area contributed by atoms with Crippen LogP contribution in [0.15, 0.2) is 34.9 Å². The first-order chi connectivity index (χ1) is 8.72. The Morgan fingerprint density at radius 2 is 2.17 bits per heavy atom. The highest BCUT2D eigenvalue weighted by Gasteiger charge is 2.25. The standard InChI is InChI=1S/C13H13BrN4/c14-11-6-12(15)18-13(17-11)16-7-9-5-8-3-1-2-4-10(8)9/h1-4,6,9H,5,7H2,(H3,15,16,17,18). The van der Waals surface area contributed by atoms with Crippen molar-refractivity contribution in [3.05, 3.63) is 46.1 Å². The molecule has 18 heavy (non-hydrogen) atoms. The second kappa shape index (κ2) is 4.57. The van der Waals surface area contributed by atoms with E-state index >= 15 is 0 Å². The summed E-state index contributed by atoms with van der Waals surface area (Å²) in [5.74, 6) is 1.59. The third-order valence-electron chi connectivity index (χ3n) is 3.18. The van der Waals surface area contributed by atoms with Crippen molar-refractivity contribution in [2.45, 2.75) is 12.3 Å². The Balaban J connectivity index is 1.66. The predicted octanol–water partition coefficient (Wildman–Crippen LogP) is 2.57. The van der Waals surface area contributed by atoms with Crippen LogP contribution in [0.2, 0.25) is 0 Å². The van der Waals surface area contributed by atoms with Crippen LogP contribution in [0, 0.1) is 0 Å². The molecule has 1 aliphatic carbocycles. The Kier molecular flexibility index (Phi) is 2.91. The van der Waals surface area contributed by atoms with E-state index in [4.69, 9.17) is 5.73 Å². The fourth-order valence-electron chi connectivity index (χ4n) is 2.27. The van der Waals surface area contributed by atoms with Crippen LogP contribution in [-0.2, 0) is 6.42 Å². The van der Waals surface area contributed by atoms with E-state index in [2.05, 4.69) is 55.5 Å². The number of hydrogen-bond donors (Lipinski definition) is 2. The number of aromatic nitrogens is 2. The Labute approximate surface area is 114 Å². The Bertz CT molecular complexity index is 565. The van der Waals surface area contributed by atoms with Crippen molar-refractivity contribution in [3.8, 4) is 0 Å². The van der Waals surface area contributed by atoms with Crippen molar-refractivity contribution in [2.75, 3.05) is 17.6 Å². The maximum atomic E-state index is 5.67. The summed E-state index contributed by atoms with van der Waals surface area (Å²) in [5.41, 5.74) is 8.54. The zero-order chi connectivity index (χ0) is 12.5. The number of benzene rings is 1. The molecule has 0 spiro atoms. The second-order valence-electron chi connectivity index (χ2n) is 4.42. The normalized spacial score (nSPS) is 16.8. The minimum Gasteiger partial charge on any atom is -0.383 e. The average molecular weight is 305 g/mol. The number of nitrogens with two attached hydrogens (primary N) is 1. The summed E-state index contributed by atoms with van der Waals surface area (Å²) in [5, 5.41) is 3.24. The molecule has 1 unspecified atom stereocenters. The lowest BCUT2D eigenvalue weighted by molar-refractivity contribution is 0.633. The molecular formula is C13H13BrN4. The molecule has 1 aromatic carbocycles. The van der Waals surface area contributed by atoms with Crippen LogP contribution in [0.3, 0.4) is 0 Å². The summed E-state index contributed by atoms with van der Waals surface area (Å²) in [7, 11) is 0. The zero-order valence-corrected chi connectivity index (χ0v) is 11.3. The van der Waals surface area contributed by atoms with Gasteiger partial charge in [0.05, 0.1) is 0 Å². The summed E-state index contributed by atoms with van der Waals surface area (Å²) in [6.45, 7) is 0.840. The third kappa shape index (κ3) is 2.18.